The first-order chi connectivity index (χ1) is 20.6. The van der Waals surface area contributed by atoms with Gasteiger partial charge in [0, 0.05) is 25.8 Å². The number of carbonyl (C=O) groups is 1. The Morgan fingerprint density at radius 2 is 1.91 bits per heavy atom. The van der Waals surface area contributed by atoms with E-state index in [-0.39, 0.29) is 56.6 Å². The summed E-state index contributed by atoms with van der Waals surface area (Å²) in [6, 6.07) is 12.8. The topological polar surface area (TPSA) is 153 Å². The molecule has 12 nitrogen and oxygen atoms in total. The molecule has 3 aliphatic rings. The summed E-state index contributed by atoms with van der Waals surface area (Å²) in [5, 5.41) is 24.0. The van der Waals surface area contributed by atoms with Gasteiger partial charge >= 0.3 is 6.09 Å². The number of aliphatic hydroxyl groups is 2. The van der Waals surface area contributed by atoms with Gasteiger partial charge in [-0.05, 0) is 42.4 Å². The standard InChI is InChI=1S/C30H40N2O10S/c1-30(2,11-12-33)18-32(43(36,37)21-8-9-25-26(15-21)41-19-40-25)16-24(34)23(14-20-6-4-3-5-7-20)31-29(35)42-27-17-39-28-22(27)10-13-38-28/h3-9,15,22-24,27-28,33-34H,10-14,16-19H2,1-2H3,(H,31,35)/t22-,23-,24-,27-,28+/m0/s1. The van der Waals surface area contributed by atoms with Gasteiger partial charge in [0.25, 0.3) is 0 Å². The van der Waals surface area contributed by atoms with Crippen molar-refractivity contribution in [3.8, 4) is 11.5 Å². The second-order valence-corrected chi connectivity index (χ2v) is 13.9. The van der Waals surface area contributed by atoms with E-state index in [2.05, 4.69) is 5.32 Å². The van der Waals surface area contributed by atoms with Crippen molar-refractivity contribution in [1.29, 1.82) is 0 Å². The van der Waals surface area contributed by atoms with Gasteiger partial charge in [0.05, 0.1) is 36.2 Å². The third kappa shape index (κ3) is 7.59. The highest BCUT2D eigenvalue weighted by atomic mass is 32.2. The molecule has 2 saturated heterocycles. The molecule has 0 unspecified atom stereocenters. The number of hydrogen-bond acceptors (Lipinski definition) is 10. The predicted molar refractivity (Wildman–Crippen MR) is 154 cm³/mol. The van der Waals surface area contributed by atoms with Crippen molar-refractivity contribution in [2.75, 3.05) is 39.7 Å². The second-order valence-electron chi connectivity index (χ2n) is 11.9. The van der Waals surface area contributed by atoms with Crippen LogP contribution in [0, 0.1) is 11.3 Å². The van der Waals surface area contributed by atoms with Crippen LogP contribution in [0.4, 0.5) is 4.79 Å². The zero-order chi connectivity index (χ0) is 30.6. The maximum absolute atomic E-state index is 14.0. The molecule has 3 aliphatic heterocycles. The normalized spacial score (nSPS) is 22.8. The van der Waals surface area contributed by atoms with Gasteiger partial charge in [0.1, 0.15) is 6.10 Å². The first-order valence-electron chi connectivity index (χ1n) is 14.5. The van der Waals surface area contributed by atoms with Gasteiger partial charge in [0.15, 0.2) is 17.8 Å². The first-order valence-corrected chi connectivity index (χ1v) is 15.9. The van der Waals surface area contributed by atoms with Gasteiger partial charge < -0.3 is 39.2 Å². The maximum atomic E-state index is 14.0. The molecule has 0 saturated carbocycles. The van der Waals surface area contributed by atoms with E-state index in [1.807, 2.05) is 44.2 Å². The van der Waals surface area contributed by atoms with Crippen LogP contribution in [-0.2, 0) is 30.7 Å². The molecule has 0 radical (unpaired) electrons. The Labute approximate surface area is 251 Å². The van der Waals surface area contributed by atoms with Crippen LogP contribution >= 0.6 is 0 Å². The number of rotatable bonds is 13. The minimum atomic E-state index is -4.15. The Kier molecular flexibility index (Phi) is 9.79. The Morgan fingerprint density at radius 1 is 1.14 bits per heavy atom. The first kappa shape index (κ1) is 31.5. The summed E-state index contributed by atoms with van der Waals surface area (Å²) in [6.07, 6.45) is -1.63. The molecule has 0 bridgehead atoms. The van der Waals surface area contributed by atoms with Crippen LogP contribution in [0.15, 0.2) is 53.4 Å². The van der Waals surface area contributed by atoms with Crippen LogP contribution in [0.25, 0.3) is 0 Å². The third-order valence-corrected chi connectivity index (χ3v) is 9.88. The van der Waals surface area contributed by atoms with Crippen molar-refractivity contribution >= 4 is 16.1 Å². The van der Waals surface area contributed by atoms with Crippen molar-refractivity contribution in [1.82, 2.24) is 9.62 Å². The van der Waals surface area contributed by atoms with Gasteiger partial charge in [-0.3, -0.25) is 0 Å². The lowest BCUT2D eigenvalue weighted by Crippen LogP contribution is -2.52. The Hall–Kier alpha value is -2.94. The lowest BCUT2D eigenvalue weighted by atomic mass is 9.89. The third-order valence-electron chi connectivity index (χ3n) is 8.08. The van der Waals surface area contributed by atoms with E-state index in [0.717, 1.165) is 12.0 Å². The van der Waals surface area contributed by atoms with Crippen LogP contribution in [-0.4, -0.2) is 93.3 Å². The molecule has 2 aromatic carbocycles. The van der Waals surface area contributed by atoms with Crippen molar-refractivity contribution in [3.05, 3.63) is 54.1 Å². The number of carbonyl (C=O) groups excluding carboxylic acids is 1. The van der Waals surface area contributed by atoms with Crippen molar-refractivity contribution in [2.24, 2.45) is 11.3 Å². The number of hydrogen-bond donors (Lipinski definition) is 3. The van der Waals surface area contributed by atoms with Gasteiger partial charge in [-0.25, -0.2) is 13.2 Å². The zero-order valence-electron chi connectivity index (χ0n) is 24.4. The molecule has 3 heterocycles. The molecule has 43 heavy (non-hydrogen) atoms. The van der Waals surface area contributed by atoms with Crippen LogP contribution in [0.3, 0.4) is 0 Å². The number of amides is 1. The predicted octanol–water partition coefficient (Wildman–Crippen LogP) is 2.27. The van der Waals surface area contributed by atoms with E-state index < -0.39 is 39.8 Å². The van der Waals surface area contributed by atoms with Gasteiger partial charge in [0.2, 0.25) is 16.8 Å². The summed E-state index contributed by atoms with van der Waals surface area (Å²) in [6.45, 7) is 3.99. The minimum absolute atomic E-state index is 0.00482. The van der Waals surface area contributed by atoms with Crippen LogP contribution in [0.2, 0.25) is 0 Å². The number of fused-ring (bicyclic) bond motifs is 2. The van der Waals surface area contributed by atoms with E-state index in [1.54, 1.807) is 0 Å². The summed E-state index contributed by atoms with van der Waals surface area (Å²) in [7, 11) is -4.15. The molecule has 0 aromatic heterocycles. The smallest absolute Gasteiger partial charge is 0.407 e. The number of nitrogens with one attached hydrogen (secondary N) is 1. The average molecular weight is 621 g/mol. The average Bonchev–Trinajstić information content (AvgIpc) is 3.71. The summed E-state index contributed by atoms with van der Waals surface area (Å²) in [4.78, 5) is 13.1. The van der Waals surface area contributed by atoms with E-state index >= 15 is 0 Å². The van der Waals surface area contributed by atoms with Gasteiger partial charge in [-0.1, -0.05) is 44.2 Å². The van der Waals surface area contributed by atoms with Crippen molar-refractivity contribution in [3.63, 3.8) is 0 Å². The van der Waals surface area contributed by atoms with E-state index in [0.29, 0.717) is 24.5 Å². The molecule has 236 valence electrons. The largest absolute Gasteiger partial charge is 0.454 e. The van der Waals surface area contributed by atoms with Crippen LogP contribution in [0.5, 0.6) is 11.5 Å². The van der Waals surface area contributed by atoms with Gasteiger partial charge in [-0.2, -0.15) is 4.31 Å². The quantitative estimate of drug-likeness (QED) is 0.304. The number of benzene rings is 2. The van der Waals surface area contributed by atoms with E-state index in [9.17, 15) is 23.4 Å². The molecule has 0 aliphatic carbocycles. The number of aliphatic hydroxyl groups excluding tert-OH is 2. The highest BCUT2D eigenvalue weighted by Crippen LogP contribution is 2.36. The zero-order valence-corrected chi connectivity index (χ0v) is 25.2. The second kappa shape index (κ2) is 13.4. The lowest BCUT2D eigenvalue weighted by molar-refractivity contribution is -0.0907. The summed E-state index contributed by atoms with van der Waals surface area (Å²) < 4.78 is 56.7. The Morgan fingerprint density at radius 3 is 2.67 bits per heavy atom. The summed E-state index contributed by atoms with van der Waals surface area (Å²) in [5.41, 5.74) is 0.215. The summed E-state index contributed by atoms with van der Waals surface area (Å²) in [5.74, 6) is 0.702. The Balaban J connectivity index is 1.37. The fraction of sp³-hybridized carbons (Fsp3) is 0.567. The highest BCUT2D eigenvalue weighted by molar-refractivity contribution is 7.89. The monoisotopic (exact) mass is 620 g/mol. The molecule has 2 aromatic rings. The Bertz CT molecular complexity index is 1360. The van der Waals surface area contributed by atoms with E-state index in [1.165, 1.54) is 22.5 Å². The molecule has 3 N–H and O–H groups in total. The fourth-order valence-electron chi connectivity index (χ4n) is 5.65. The molecule has 1 amide bonds. The van der Waals surface area contributed by atoms with Crippen LogP contribution in [0.1, 0.15) is 32.3 Å². The molecule has 5 rings (SSSR count). The molecule has 5 atom stereocenters. The van der Waals surface area contributed by atoms with E-state index in [4.69, 9.17) is 23.7 Å². The van der Waals surface area contributed by atoms with Crippen molar-refractivity contribution < 1.29 is 47.1 Å². The maximum Gasteiger partial charge on any atom is 0.407 e. The van der Waals surface area contributed by atoms with Gasteiger partial charge in [-0.15, -0.1) is 0 Å². The fourth-order valence-corrected chi connectivity index (χ4v) is 7.31. The summed E-state index contributed by atoms with van der Waals surface area (Å²) >= 11 is 0. The highest BCUT2D eigenvalue weighted by Gasteiger charge is 2.44. The molecular weight excluding hydrogens is 580 g/mol. The lowest BCUT2D eigenvalue weighted by Gasteiger charge is -2.35. The number of nitrogens with zero attached hydrogens (tertiary/aromatic N) is 1. The minimum Gasteiger partial charge on any atom is -0.454 e. The molecule has 0 spiro atoms. The number of ether oxygens (including phenoxy) is 5. The molecule has 2 fully saturated rings. The van der Waals surface area contributed by atoms with Crippen molar-refractivity contribution in [2.45, 2.75) is 62.5 Å². The SMILES string of the molecule is CC(C)(CCO)CN(C[C@H](O)[C@H](Cc1ccccc1)NC(=O)O[C@H]1CO[C@H]2OCC[C@H]21)S(=O)(=O)c1ccc2c(c1)OCO2. The number of sulfonamides is 1. The molecular formula is C30H40N2O10S. The number of alkyl carbamates (subject to hydrolysis) is 1. The van der Waals surface area contributed by atoms with Crippen LogP contribution < -0.4 is 14.8 Å². The molecule has 13 heteroatoms.